The Kier molecular flexibility index (Phi) is 5.73. The maximum Gasteiger partial charge on any atom is 0.271 e. The van der Waals surface area contributed by atoms with Crippen LogP contribution >= 0.6 is 0 Å². The first-order valence-corrected chi connectivity index (χ1v) is 8.66. The highest BCUT2D eigenvalue weighted by Crippen LogP contribution is 2.21. The number of aliphatic hydroxyl groups is 1. The van der Waals surface area contributed by atoms with E-state index in [0.717, 1.165) is 37.2 Å². The molecule has 1 aliphatic rings. The molecule has 1 atom stereocenters. The van der Waals surface area contributed by atoms with Gasteiger partial charge in [-0.05, 0) is 37.4 Å². The van der Waals surface area contributed by atoms with Gasteiger partial charge in [0, 0.05) is 25.3 Å². The normalized spacial score (nSPS) is 17.6. The van der Waals surface area contributed by atoms with Gasteiger partial charge in [-0.15, -0.1) is 0 Å². The quantitative estimate of drug-likeness (QED) is 0.836. The average molecular weight is 340 g/mol. The van der Waals surface area contributed by atoms with Crippen molar-refractivity contribution in [3.8, 4) is 0 Å². The van der Waals surface area contributed by atoms with Crippen LogP contribution in [0.3, 0.4) is 0 Å². The summed E-state index contributed by atoms with van der Waals surface area (Å²) in [6.07, 6.45) is 5.25. The number of hydrogen-bond acceptors (Lipinski definition) is 5. The number of aryl methyl sites for hydroxylation is 1. The number of carbonyl (C=O) groups excluding carboxylic acids is 1. The van der Waals surface area contributed by atoms with E-state index in [9.17, 15) is 9.90 Å². The fourth-order valence-electron chi connectivity index (χ4n) is 3.19. The molecule has 0 spiro atoms. The molecule has 0 aliphatic carbocycles. The Bertz CT molecular complexity index is 718. The molecule has 2 aromatic rings. The lowest BCUT2D eigenvalue weighted by Crippen LogP contribution is -2.32. The van der Waals surface area contributed by atoms with Crippen LogP contribution in [0.25, 0.3) is 0 Å². The number of carbonyl (C=O) groups is 1. The minimum Gasteiger partial charge on any atom is -0.395 e. The van der Waals surface area contributed by atoms with Crippen LogP contribution in [-0.2, 0) is 13.1 Å². The molecule has 2 heterocycles. The van der Waals surface area contributed by atoms with Crippen molar-refractivity contribution in [1.29, 1.82) is 0 Å². The zero-order valence-electron chi connectivity index (χ0n) is 14.5. The fraction of sp³-hybridized carbons (Fsp3) is 0.421. The van der Waals surface area contributed by atoms with Gasteiger partial charge in [0.2, 0.25) is 0 Å². The molecule has 6 nitrogen and oxygen atoms in total. The van der Waals surface area contributed by atoms with E-state index in [-0.39, 0.29) is 18.6 Å². The zero-order valence-corrected chi connectivity index (χ0v) is 14.5. The summed E-state index contributed by atoms with van der Waals surface area (Å²) in [4.78, 5) is 22.7. The number of hydrogen-bond donors (Lipinski definition) is 2. The third-order valence-electron chi connectivity index (χ3n) is 4.65. The maximum atomic E-state index is 12.2. The summed E-state index contributed by atoms with van der Waals surface area (Å²) in [6.45, 7) is 4.28. The van der Waals surface area contributed by atoms with E-state index in [0.29, 0.717) is 12.2 Å². The molecular formula is C19H24N4O2. The summed E-state index contributed by atoms with van der Waals surface area (Å²) in [5.74, 6) is -0.225. The summed E-state index contributed by atoms with van der Waals surface area (Å²) < 4.78 is 0. The van der Waals surface area contributed by atoms with E-state index in [1.54, 1.807) is 6.20 Å². The van der Waals surface area contributed by atoms with Gasteiger partial charge in [0.15, 0.2) is 0 Å². The molecule has 1 fully saturated rings. The highest BCUT2D eigenvalue weighted by molar-refractivity contribution is 5.91. The predicted molar refractivity (Wildman–Crippen MR) is 94.9 cm³/mol. The standard InChI is InChI=1S/C19H24N4O2/c1-14-9-21-18(11-20-14)19(25)22-10-15-5-2-3-6-16(15)12-23-8-4-7-17(23)13-24/h2-3,5-6,9,11,17,24H,4,7-8,10,12-13H2,1H3,(H,22,25)/t17-/m0/s1. The van der Waals surface area contributed by atoms with E-state index in [1.165, 1.54) is 11.8 Å². The molecular weight excluding hydrogens is 316 g/mol. The molecule has 1 aliphatic heterocycles. The zero-order chi connectivity index (χ0) is 17.6. The number of likely N-dealkylation sites (tertiary alicyclic amines) is 1. The van der Waals surface area contributed by atoms with E-state index < -0.39 is 0 Å². The monoisotopic (exact) mass is 340 g/mol. The highest BCUT2D eigenvalue weighted by atomic mass is 16.3. The van der Waals surface area contributed by atoms with Gasteiger partial charge in [0.05, 0.1) is 18.5 Å². The molecule has 0 bridgehead atoms. The van der Waals surface area contributed by atoms with Crippen molar-refractivity contribution < 1.29 is 9.90 Å². The summed E-state index contributed by atoms with van der Waals surface area (Å²) in [5, 5.41) is 12.4. The van der Waals surface area contributed by atoms with Gasteiger partial charge in [0.25, 0.3) is 5.91 Å². The third-order valence-corrected chi connectivity index (χ3v) is 4.65. The highest BCUT2D eigenvalue weighted by Gasteiger charge is 2.24. The number of nitrogens with one attached hydrogen (secondary N) is 1. The van der Waals surface area contributed by atoms with Crippen LogP contribution < -0.4 is 5.32 Å². The Morgan fingerprint density at radius 1 is 1.28 bits per heavy atom. The summed E-state index contributed by atoms with van der Waals surface area (Å²) >= 11 is 0. The molecule has 1 amide bonds. The van der Waals surface area contributed by atoms with Crippen molar-refractivity contribution >= 4 is 5.91 Å². The molecule has 0 unspecified atom stereocenters. The Morgan fingerprint density at radius 3 is 2.80 bits per heavy atom. The van der Waals surface area contributed by atoms with Gasteiger partial charge >= 0.3 is 0 Å². The molecule has 1 aromatic carbocycles. The van der Waals surface area contributed by atoms with Gasteiger partial charge in [0.1, 0.15) is 5.69 Å². The number of aromatic nitrogens is 2. The van der Waals surface area contributed by atoms with Gasteiger partial charge in [-0.2, -0.15) is 0 Å². The Labute approximate surface area is 147 Å². The molecule has 3 rings (SSSR count). The lowest BCUT2D eigenvalue weighted by atomic mass is 10.1. The molecule has 132 valence electrons. The third kappa shape index (κ3) is 4.41. The first kappa shape index (κ1) is 17.5. The largest absolute Gasteiger partial charge is 0.395 e. The number of amides is 1. The van der Waals surface area contributed by atoms with E-state index >= 15 is 0 Å². The topological polar surface area (TPSA) is 78.4 Å². The minimum absolute atomic E-state index is 0.199. The smallest absolute Gasteiger partial charge is 0.271 e. The summed E-state index contributed by atoms with van der Waals surface area (Å²) in [5.41, 5.74) is 3.37. The van der Waals surface area contributed by atoms with Gasteiger partial charge in [-0.3, -0.25) is 14.7 Å². The molecule has 1 aromatic heterocycles. The van der Waals surface area contributed by atoms with Crippen molar-refractivity contribution in [3.63, 3.8) is 0 Å². The minimum atomic E-state index is -0.225. The SMILES string of the molecule is Cc1cnc(C(=O)NCc2ccccc2CN2CCC[C@H]2CO)cn1. The second-order valence-electron chi connectivity index (χ2n) is 6.44. The number of aliphatic hydroxyl groups excluding tert-OH is 1. The number of rotatable bonds is 6. The lowest BCUT2D eigenvalue weighted by Gasteiger charge is -2.24. The molecule has 0 saturated carbocycles. The van der Waals surface area contributed by atoms with Crippen LogP contribution in [-0.4, -0.2) is 45.1 Å². The number of nitrogens with zero attached hydrogens (tertiary/aromatic N) is 3. The van der Waals surface area contributed by atoms with Gasteiger partial charge < -0.3 is 10.4 Å². The van der Waals surface area contributed by atoms with Crippen molar-refractivity contribution in [2.45, 2.75) is 38.9 Å². The maximum absolute atomic E-state index is 12.2. The van der Waals surface area contributed by atoms with Crippen molar-refractivity contribution in [2.24, 2.45) is 0 Å². The second kappa shape index (κ2) is 8.18. The van der Waals surface area contributed by atoms with Crippen LogP contribution in [0.15, 0.2) is 36.7 Å². The molecule has 2 N–H and O–H groups in total. The molecule has 6 heteroatoms. The summed E-state index contributed by atoms with van der Waals surface area (Å²) in [6, 6.07) is 8.34. The van der Waals surface area contributed by atoms with Crippen LogP contribution in [0.4, 0.5) is 0 Å². The Morgan fingerprint density at radius 2 is 2.08 bits per heavy atom. The van der Waals surface area contributed by atoms with Gasteiger partial charge in [-0.25, -0.2) is 4.98 Å². The number of benzene rings is 1. The van der Waals surface area contributed by atoms with Crippen LogP contribution in [0, 0.1) is 6.92 Å². The van der Waals surface area contributed by atoms with E-state index in [2.05, 4.69) is 26.3 Å². The Hall–Kier alpha value is -2.31. The van der Waals surface area contributed by atoms with Crippen LogP contribution in [0.2, 0.25) is 0 Å². The first-order valence-electron chi connectivity index (χ1n) is 8.66. The average Bonchev–Trinajstić information content (AvgIpc) is 3.08. The van der Waals surface area contributed by atoms with Crippen molar-refractivity contribution in [3.05, 3.63) is 59.2 Å². The van der Waals surface area contributed by atoms with Crippen LogP contribution in [0.1, 0.15) is 40.2 Å². The molecule has 25 heavy (non-hydrogen) atoms. The van der Waals surface area contributed by atoms with E-state index in [1.807, 2.05) is 25.1 Å². The Balaban J connectivity index is 1.64. The summed E-state index contributed by atoms with van der Waals surface area (Å²) in [7, 11) is 0. The van der Waals surface area contributed by atoms with Crippen molar-refractivity contribution in [2.75, 3.05) is 13.2 Å². The van der Waals surface area contributed by atoms with Gasteiger partial charge in [-0.1, -0.05) is 24.3 Å². The first-order chi connectivity index (χ1) is 12.2. The fourth-order valence-corrected chi connectivity index (χ4v) is 3.19. The van der Waals surface area contributed by atoms with Crippen molar-refractivity contribution in [1.82, 2.24) is 20.2 Å². The molecule has 0 radical (unpaired) electrons. The predicted octanol–water partition coefficient (Wildman–Crippen LogP) is 1.67. The van der Waals surface area contributed by atoms with E-state index in [4.69, 9.17) is 0 Å². The lowest BCUT2D eigenvalue weighted by molar-refractivity contribution is 0.0945. The molecule has 1 saturated heterocycles. The second-order valence-corrected chi connectivity index (χ2v) is 6.44. The van der Waals surface area contributed by atoms with Crippen LogP contribution in [0.5, 0.6) is 0 Å².